The summed E-state index contributed by atoms with van der Waals surface area (Å²) in [7, 11) is 0. The number of anilines is 2. The minimum absolute atomic E-state index is 0.579. The summed E-state index contributed by atoms with van der Waals surface area (Å²) in [5.41, 5.74) is 7.92. The fraction of sp³-hybridized carbons (Fsp3) is 0.143. The summed E-state index contributed by atoms with van der Waals surface area (Å²) in [6.07, 6.45) is 6.47. The molecule has 0 spiro atoms. The molecular formula is C42H33NO. The monoisotopic (exact) mass is 567 g/mol. The maximum absolute atomic E-state index is 6.87. The zero-order valence-electron chi connectivity index (χ0n) is 24.6. The van der Waals surface area contributed by atoms with Gasteiger partial charge in [0, 0.05) is 16.5 Å². The molecule has 2 nitrogen and oxygen atoms in total. The number of nitrogens with one attached hydrogen (secondary N) is 1. The molecule has 9 rings (SSSR count). The molecule has 7 aromatic carbocycles. The fourth-order valence-electron chi connectivity index (χ4n) is 7.53. The highest BCUT2D eigenvalue weighted by molar-refractivity contribution is 6.22. The van der Waals surface area contributed by atoms with Crippen molar-refractivity contribution in [1.82, 2.24) is 0 Å². The maximum Gasteiger partial charge on any atom is 0.159 e. The molecule has 8 aromatic rings. The van der Waals surface area contributed by atoms with E-state index in [9.17, 15) is 0 Å². The minimum Gasteiger partial charge on any atom is -0.454 e. The smallest absolute Gasteiger partial charge is 0.159 e. The number of fused-ring (bicyclic) bond motifs is 7. The number of rotatable bonds is 4. The van der Waals surface area contributed by atoms with Gasteiger partial charge in [0.15, 0.2) is 5.58 Å². The van der Waals surface area contributed by atoms with Crippen LogP contribution in [-0.4, -0.2) is 0 Å². The number of hydrogen-bond acceptors (Lipinski definition) is 2. The van der Waals surface area contributed by atoms with Gasteiger partial charge in [0.05, 0.1) is 5.69 Å². The second-order valence-electron chi connectivity index (χ2n) is 12.5. The summed E-state index contributed by atoms with van der Waals surface area (Å²) in [6.45, 7) is 0. The van der Waals surface area contributed by atoms with Crippen LogP contribution >= 0.6 is 0 Å². The predicted molar refractivity (Wildman–Crippen MR) is 187 cm³/mol. The van der Waals surface area contributed by atoms with E-state index >= 15 is 0 Å². The molecule has 1 N–H and O–H groups in total. The average Bonchev–Trinajstić information content (AvgIpc) is 3.49. The Hall–Kier alpha value is -5.08. The quantitative estimate of drug-likeness (QED) is 0.229. The van der Waals surface area contributed by atoms with E-state index in [4.69, 9.17) is 4.42 Å². The van der Waals surface area contributed by atoms with Gasteiger partial charge < -0.3 is 9.73 Å². The molecule has 2 heteroatoms. The Balaban J connectivity index is 1.13. The molecule has 0 aliphatic heterocycles. The van der Waals surface area contributed by atoms with Gasteiger partial charge >= 0.3 is 0 Å². The molecule has 1 aliphatic carbocycles. The first-order chi connectivity index (χ1) is 21.8. The second-order valence-corrected chi connectivity index (χ2v) is 12.5. The molecule has 1 aliphatic rings. The maximum atomic E-state index is 6.87. The molecule has 212 valence electrons. The van der Waals surface area contributed by atoms with Gasteiger partial charge in [-0.1, -0.05) is 116 Å². The minimum atomic E-state index is 0.579. The van der Waals surface area contributed by atoms with Crippen LogP contribution in [0.15, 0.2) is 132 Å². The van der Waals surface area contributed by atoms with E-state index in [1.807, 2.05) is 0 Å². The van der Waals surface area contributed by atoms with E-state index in [0.717, 1.165) is 22.5 Å². The molecule has 44 heavy (non-hydrogen) atoms. The van der Waals surface area contributed by atoms with Gasteiger partial charge in [0.1, 0.15) is 5.58 Å². The molecule has 0 unspecified atom stereocenters. The van der Waals surface area contributed by atoms with E-state index < -0.39 is 0 Å². The largest absolute Gasteiger partial charge is 0.454 e. The third-order valence-electron chi connectivity index (χ3n) is 9.77. The lowest BCUT2D eigenvalue weighted by molar-refractivity contribution is 0.442. The van der Waals surface area contributed by atoms with Crippen molar-refractivity contribution in [3.63, 3.8) is 0 Å². The summed E-state index contributed by atoms with van der Waals surface area (Å²) in [4.78, 5) is 0. The highest BCUT2D eigenvalue weighted by atomic mass is 16.3. The van der Waals surface area contributed by atoms with Gasteiger partial charge in [-0.05, 0) is 98.1 Å². The van der Waals surface area contributed by atoms with Crippen LogP contribution < -0.4 is 5.32 Å². The highest BCUT2D eigenvalue weighted by Gasteiger charge is 2.22. The van der Waals surface area contributed by atoms with Gasteiger partial charge in [-0.15, -0.1) is 0 Å². The van der Waals surface area contributed by atoms with Crippen LogP contribution in [-0.2, 0) is 0 Å². The Morgan fingerprint density at radius 2 is 1.16 bits per heavy atom. The van der Waals surface area contributed by atoms with E-state index in [2.05, 4.69) is 133 Å². The molecule has 1 fully saturated rings. The van der Waals surface area contributed by atoms with Crippen LogP contribution in [0.2, 0.25) is 0 Å². The van der Waals surface area contributed by atoms with Crippen molar-refractivity contribution in [2.24, 2.45) is 0 Å². The summed E-state index contributed by atoms with van der Waals surface area (Å²) >= 11 is 0. The molecule has 0 atom stereocenters. The van der Waals surface area contributed by atoms with Crippen molar-refractivity contribution in [3.8, 4) is 11.1 Å². The normalized spacial score (nSPS) is 14.3. The zero-order chi connectivity index (χ0) is 29.0. The van der Waals surface area contributed by atoms with Crippen molar-refractivity contribution in [3.05, 3.63) is 133 Å². The average molecular weight is 568 g/mol. The second kappa shape index (κ2) is 10.3. The van der Waals surface area contributed by atoms with E-state index in [1.54, 1.807) is 0 Å². The molecule has 0 bridgehead atoms. The first-order valence-electron chi connectivity index (χ1n) is 16.0. The lowest BCUT2D eigenvalue weighted by Crippen LogP contribution is -2.04. The van der Waals surface area contributed by atoms with Crippen molar-refractivity contribution in [2.75, 3.05) is 5.32 Å². The third-order valence-corrected chi connectivity index (χ3v) is 9.77. The first-order valence-corrected chi connectivity index (χ1v) is 16.0. The Kier molecular flexibility index (Phi) is 5.94. The van der Waals surface area contributed by atoms with Gasteiger partial charge in [-0.3, -0.25) is 0 Å². The predicted octanol–water partition coefficient (Wildman–Crippen LogP) is 12.5. The van der Waals surface area contributed by atoms with Gasteiger partial charge in [-0.2, -0.15) is 0 Å². The number of hydrogen-bond donors (Lipinski definition) is 1. The van der Waals surface area contributed by atoms with E-state index in [0.29, 0.717) is 5.92 Å². The Morgan fingerprint density at radius 3 is 2.00 bits per heavy atom. The van der Waals surface area contributed by atoms with E-state index in [-0.39, 0.29) is 0 Å². The summed E-state index contributed by atoms with van der Waals surface area (Å²) in [5.74, 6) is 0.579. The molecular weight excluding hydrogens is 534 g/mol. The summed E-state index contributed by atoms with van der Waals surface area (Å²) < 4.78 is 6.87. The van der Waals surface area contributed by atoms with Gasteiger partial charge in [0.25, 0.3) is 0 Å². The Morgan fingerprint density at radius 1 is 0.500 bits per heavy atom. The van der Waals surface area contributed by atoms with Crippen LogP contribution in [0.3, 0.4) is 0 Å². The van der Waals surface area contributed by atoms with Gasteiger partial charge in [0.2, 0.25) is 0 Å². The number of benzene rings is 7. The fourth-order valence-corrected chi connectivity index (χ4v) is 7.53. The van der Waals surface area contributed by atoms with Crippen LogP contribution in [0.25, 0.3) is 65.4 Å². The van der Waals surface area contributed by atoms with Crippen molar-refractivity contribution in [1.29, 1.82) is 0 Å². The Bertz CT molecular complexity index is 2360. The summed E-state index contributed by atoms with van der Waals surface area (Å²) in [6, 6.07) is 46.4. The third kappa shape index (κ3) is 4.25. The van der Waals surface area contributed by atoms with Crippen LogP contribution in [0.5, 0.6) is 0 Å². The number of furan rings is 1. The van der Waals surface area contributed by atoms with Crippen LogP contribution in [0.1, 0.15) is 43.6 Å². The molecule has 1 saturated carbocycles. The molecule has 0 radical (unpaired) electrons. The zero-order valence-corrected chi connectivity index (χ0v) is 24.6. The van der Waals surface area contributed by atoms with Gasteiger partial charge in [-0.25, -0.2) is 0 Å². The highest BCUT2D eigenvalue weighted by Crippen LogP contribution is 2.44. The van der Waals surface area contributed by atoms with Crippen molar-refractivity contribution < 1.29 is 4.42 Å². The van der Waals surface area contributed by atoms with E-state index in [1.165, 1.54) is 91.9 Å². The van der Waals surface area contributed by atoms with Crippen LogP contribution in [0.4, 0.5) is 11.4 Å². The van der Waals surface area contributed by atoms with Crippen molar-refractivity contribution in [2.45, 2.75) is 38.0 Å². The molecule has 1 aromatic heterocycles. The number of para-hydroxylation sites is 1. The lowest BCUT2D eigenvalue weighted by Gasteiger charge is -2.21. The molecule has 1 heterocycles. The Labute approximate surface area is 256 Å². The topological polar surface area (TPSA) is 25.2 Å². The SMILES string of the molecule is c1ccc2cc(-c3ccc4cc(Nc5cc6ccccc6c6c5oc5c(C7CCCCC7)cccc56)ccc4c3)ccc2c1. The standard InChI is InChI=1S/C42H33NO/c1-2-10-28(11-3-1)37-15-8-16-38-40-36-14-7-6-13-34(36)26-39(42(40)44-41(37)38)43-35-22-21-32-24-31(19-20-33(32)25-35)30-18-17-27-9-4-5-12-29(27)23-30/h4-9,12-26,28,43H,1-3,10-11H2. The first kappa shape index (κ1) is 25.4. The molecule has 0 saturated heterocycles. The summed E-state index contributed by atoms with van der Waals surface area (Å²) in [5, 5.41) is 13.6. The van der Waals surface area contributed by atoms with Crippen molar-refractivity contribution >= 4 is 65.6 Å². The van der Waals surface area contributed by atoms with Crippen LogP contribution in [0, 0.1) is 0 Å². The lowest BCUT2D eigenvalue weighted by atomic mass is 9.83. The molecule has 0 amide bonds.